The summed E-state index contributed by atoms with van der Waals surface area (Å²) in [4.78, 5) is 20.0. The number of aliphatic hydroxyl groups is 1. The van der Waals surface area contributed by atoms with Crippen LogP contribution in [0, 0.1) is 5.92 Å². The van der Waals surface area contributed by atoms with Crippen molar-refractivity contribution in [2.24, 2.45) is 5.92 Å². The maximum Gasteiger partial charge on any atom is 0.253 e. The number of carbonyl (C=O) groups is 1. The number of nitrogens with one attached hydrogen (secondary N) is 1. The van der Waals surface area contributed by atoms with Gasteiger partial charge in [0.15, 0.2) is 5.82 Å². The highest BCUT2D eigenvalue weighted by Crippen LogP contribution is 2.06. The maximum absolute atomic E-state index is 12.0. The number of carbonyl (C=O) groups excluding carboxylic acids is 1. The zero-order valence-electron chi connectivity index (χ0n) is 11.4. The fourth-order valence-electron chi connectivity index (χ4n) is 1.66. The summed E-state index contributed by atoms with van der Waals surface area (Å²) in [5, 5.41) is 15.9. The highest BCUT2D eigenvalue weighted by Gasteiger charge is 2.16. The van der Waals surface area contributed by atoms with Crippen LogP contribution in [-0.2, 0) is 0 Å². The van der Waals surface area contributed by atoms with E-state index in [-0.39, 0.29) is 24.5 Å². The topological polar surface area (TPSA) is 92.9 Å². The SMILES string of the molecule is CC(C)C(CO)NC(=O)c1ccc(-n2cncn2)nc1. The van der Waals surface area contributed by atoms with Crippen LogP contribution in [0.3, 0.4) is 0 Å². The van der Waals surface area contributed by atoms with Crippen molar-refractivity contribution in [1.29, 1.82) is 0 Å². The Bertz CT molecular complexity index is 551. The van der Waals surface area contributed by atoms with Crippen LogP contribution >= 0.6 is 0 Å². The summed E-state index contributed by atoms with van der Waals surface area (Å²) in [6.07, 6.45) is 4.42. The minimum atomic E-state index is -0.266. The molecule has 0 aliphatic rings. The van der Waals surface area contributed by atoms with Gasteiger partial charge in [-0.2, -0.15) is 5.10 Å². The standard InChI is InChI=1S/C13H17N5O2/c1-9(2)11(6-19)17-13(20)10-3-4-12(15-5-10)18-8-14-7-16-18/h3-5,7-9,11,19H,6H2,1-2H3,(H,17,20). The zero-order chi connectivity index (χ0) is 14.5. The number of aliphatic hydroxyl groups excluding tert-OH is 1. The summed E-state index contributed by atoms with van der Waals surface area (Å²) in [5.74, 6) is 0.489. The van der Waals surface area contributed by atoms with Crippen molar-refractivity contribution in [3.8, 4) is 5.82 Å². The van der Waals surface area contributed by atoms with Crippen molar-refractivity contribution in [3.63, 3.8) is 0 Å². The minimum Gasteiger partial charge on any atom is -0.394 e. The molecule has 2 aromatic heterocycles. The van der Waals surface area contributed by atoms with Crippen LogP contribution in [0.1, 0.15) is 24.2 Å². The van der Waals surface area contributed by atoms with E-state index in [0.717, 1.165) is 0 Å². The van der Waals surface area contributed by atoms with Crippen LogP contribution in [0.4, 0.5) is 0 Å². The van der Waals surface area contributed by atoms with Gasteiger partial charge in [0.25, 0.3) is 5.91 Å². The zero-order valence-corrected chi connectivity index (χ0v) is 11.4. The lowest BCUT2D eigenvalue weighted by molar-refractivity contribution is 0.0896. The van der Waals surface area contributed by atoms with Crippen molar-refractivity contribution in [3.05, 3.63) is 36.5 Å². The molecule has 0 saturated carbocycles. The van der Waals surface area contributed by atoms with Gasteiger partial charge in [-0.3, -0.25) is 4.79 Å². The van der Waals surface area contributed by atoms with E-state index < -0.39 is 0 Å². The molecular weight excluding hydrogens is 258 g/mol. The van der Waals surface area contributed by atoms with Gasteiger partial charge >= 0.3 is 0 Å². The monoisotopic (exact) mass is 275 g/mol. The smallest absolute Gasteiger partial charge is 0.253 e. The van der Waals surface area contributed by atoms with Crippen molar-refractivity contribution in [2.45, 2.75) is 19.9 Å². The second kappa shape index (κ2) is 6.25. The highest BCUT2D eigenvalue weighted by molar-refractivity contribution is 5.94. The number of amides is 1. The van der Waals surface area contributed by atoms with Crippen LogP contribution < -0.4 is 5.32 Å². The van der Waals surface area contributed by atoms with Gasteiger partial charge in [-0.05, 0) is 18.1 Å². The van der Waals surface area contributed by atoms with E-state index in [1.54, 1.807) is 12.1 Å². The Hall–Kier alpha value is -2.28. The van der Waals surface area contributed by atoms with E-state index in [2.05, 4.69) is 20.4 Å². The van der Waals surface area contributed by atoms with E-state index >= 15 is 0 Å². The first-order valence-electron chi connectivity index (χ1n) is 6.34. The van der Waals surface area contributed by atoms with Gasteiger partial charge in [-0.1, -0.05) is 13.8 Å². The molecule has 0 aliphatic heterocycles. The molecule has 0 fully saturated rings. The summed E-state index contributed by atoms with van der Waals surface area (Å²) in [6, 6.07) is 3.08. The Kier molecular flexibility index (Phi) is 4.41. The fraction of sp³-hybridized carbons (Fsp3) is 0.385. The Morgan fingerprint density at radius 3 is 2.75 bits per heavy atom. The van der Waals surface area contributed by atoms with E-state index in [4.69, 9.17) is 0 Å². The van der Waals surface area contributed by atoms with Crippen LogP contribution in [0.15, 0.2) is 31.0 Å². The molecule has 106 valence electrons. The molecule has 7 nitrogen and oxygen atoms in total. The lowest BCUT2D eigenvalue weighted by atomic mass is 10.1. The quantitative estimate of drug-likeness (QED) is 0.824. The summed E-state index contributed by atoms with van der Waals surface area (Å²) in [6.45, 7) is 3.79. The second-order valence-corrected chi connectivity index (χ2v) is 4.75. The van der Waals surface area contributed by atoms with Crippen molar-refractivity contribution in [2.75, 3.05) is 6.61 Å². The molecule has 0 saturated heterocycles. The molecule has 0 bridgehead atoms. The number of hydrogen-bond acceptors (Lipinski definition) is 5. The first-order chi connectivity index (χ1) is 9.61. The molecule has 0 spiro atoms. The molecule has 2 rings (SSSR count). The van der Waals surface area contributed by atoms with Crippen molar-refractivity contribution in [1.82, 2.24) is 25.1 Å². The molecule has 0 aromatic carbocycles. The number of aromatic nitrogens is 4. The average Bonchev–Trinajstić information content (AvgIpc) is 2.98. The van der Waals surface area contributed by atoms with Gasteiger partial charge in [0.05, 0.1) is 18.2 Å². The Labute approximate surface area is 116 Å². The van der Waals surface area contributed by atoms with Gasteiger partial charge in [0.1, 0.15) is 12.7 Å². The minimum absolute atomic E-state index is 0.0894. The maximum atomic E-state index is 12.0. The molecule has 1 atom stereocenters. The molecule has 0 radical (unpaired) electrons. The van der Waals surface area contributed by atoms with Crippen molar-refractivity contribution >= 4 is 5.91 Å². The number of rotatable bonds is 5. The molecule has 20 heavy (non-hydrogen) atoms. The predicted molar refractivity (Wildman–Crippen MR) is 72.3 cm³/mol. The third-order valence-electron chi connectivity index (χ3n) is 2.98. The normalized spacial score (nSPS) is 12.4. The first kappa shape index (κ1) is 14.1. The van der Waals surface area contributed by atoms with Gasteiger partial charge in [-0.15, -0.1) is 0 Å². The third kappa shape index (κ3) is 3.18. The van der Waals surface area contributed by atoms with Crippen LogP contribution in [0.5, 0.6) is 0 Å². The number of pyridine rings is 1. The highest BCUT2D eigenvalue weighted by atomic mass is 16.3. The number of hydrogen-bond donors (Lipinski definition) is 2. The Morgan fingerprint density at radius 1 is 1.45 bits per heavy atom. The largest absolute Gasteiger partial charge is 0.394 e. The summed E-state index contributed by atoms with van der Waals surface area (Å²) in [5.41, 5.74) is 0.438. The Balaban J connectivity index is 2.08. The predicted octanol–water partition coefficient (Wildman–Crippen LogP) is 0.409. The molecule has 2 N–H and O–H groups in total. The summed E-state index contributed by atoms with van der Waals surface area (Å²) in [7, 11) is 0. The van der Waals surface area contributed by atoms with Gasteiger partial charge < -0.3 is 10.4 Å². The van der Waals surface area contributed by atoms with E-state index in [0.29, 0.717) is 11.4 Å². The first-order valence-corrected chi connectivity index (χ1v) is 6.34. The lowest BCUT2D eigenvalue weighted by Gasteiger charge is -2.19. The van der Waals surface area contributed by atoms with Gasteiger partial charge in [-0.25, -0.2) is 14.6 Å². The lowest BCUT2D eigenvalue weighted by Crippen LogP contribution is -2.41. The molecule has 7 heteroatoms. The molecule has 1 unspecified atom stereocenters. The van der Waals surface area contributed by atoms with E-state index in [1.807, 2.05) is 13.8 Å². The van der Waals surface area contributed by atoms with Crippen LogP contribution in [-0.4, -0.2) is 43.4 Å². The molecular formula is C13H17N5O2. The molecule has 2 heterocycles. The summed E-state index contributed by atoms with van der Waals surface area (Å²) >= 11 is 0. The summed E-state index contributed by atoms with van der Waals surface area (Å²) < 4.78 is 1.51. The van der Waals surface area contributed by atoms with Crippen LogP contribution in [0.2, 0.25) is 0 Å². The van der Waals surface area contributed by atoms with E-state index in [1.165, 1.54) is 23.5 Å². The van der Waals surface area contributed by atoms with Crippen molar-refractivity contribution < 1.29 is 9.90 Å². The van der Waals surface area contributed by atoms with E-state index in [9.17, 15) is 9.90 Å². The van der Waals surface area contributed by atoms with Gasteiger partial charge in [0, 0.05) is 6.20 Å². The molecule has 1 amide bonds. The molecule has 2 aromatic rings. The third-order valence-corrected chi connectivity index (χ3v) is 2.98. The average molecular weight is 275 g/mol. The second-order valence-electron chi connectivity index (χ2n) is 4.75. The fourth-order valence-corrected chi connectivity index (χ4v) is 1.66. The Morgan fingerprint density at radius 2 is 2.25 bits per heavy atom. The molecule has 0 aliphatic carbocycles. The number of nitrogens with zero attached hydrogens (tertiary/aromatic N) is 4. The van der Waals surface area contributed by atoms with Gasteiger partial charge in [0.2, 0.25) is 0 Å². The van der Waals surface area contributed by atoms with Crippen LogP contribution in [0.25, 0.3) is 5.82 Å².